The van der Waals surface area contributed by atoms with Crippen molar-refractivity contribution < 1.29 is 4.79 Å². The van der Waals surface area contributed by atoms with Crippen molar-refractivity contribution in [1.82, 2.24) is 20.3 Å². The molecule has 0 bridgehead atoms. The average molecular weight is 410 g/mol. The number of carbonyl (C=O) groups excluding carboxylic acids is 1. The maximum Gasteiger partial charge on any atom is 0.223 e. The van der Waals surface area contributed by atoms with Crippen molar-refractivity contribution in [2.75, 3.05) is 29.5 Å². The van der Waals surface area contributed by atoms with E-state index in [9.17, 15) is 4.79 Å². The smallest absolute Gasteiger partial charge is 0.223 e. The fourth-order valence-corrected chi connectivity index (χ4v) is 4.67. The zero-order valence-corrected chi connectivity index (χ0v) is 17.6. The van der Waals surface area contributed by atoms with E-state index in [1.807, 2.05) is 13.0 Å². The van der Waals surface area contributed by atoms with Gasteiger partial charge in [-0.1, -0.05) is 19.3 Å². The zero-order chi connectivity index (χ0) is 21.1. The zero-order valence-electron chi connectivity index (χ0n) is 17.6. The Bertz CT molecular complexity index is 893. The molecule has 1 aliphatic heterocycles. The van der Waals surface area contributed by atoms with Gasteiger partial charge in [0.2, 0.25) is 11.9 Å². The van der Waals surface area contributed by atoms with Crippen LogP contribution in [-0.4, -0.2) is 40.0 Å². The molecule has 5 N–H and O–H groups in total. The molecule has 1 amide bonds. The van der Waals surface area contributed by atoms with Gasteiger partial charge < -0.3 is 21.7 Å². The number of nitrogens with two attached hydrogens (primary N) is 2. The van der Waals surface area contributed by atoms with Crippen molar-refractivity contribution >= 4 is 23.5 Å². The molecule has 8 heteroatoms. The van der Waals surface area contributed by atoms with E-state index in [2.05, 4.69) is 25.2 Å². The number of hydrogen-bond acceptors (Lipinski definition) is 7. The van der Waals surface area contributed by atoms with Gasteiger partial charge in [0, 0.05) is 42.4 Å². The van der Waals surface area contributed by atoms with Crippen LogP contribution in [0.2, 0.25) is 0 Å². The van der Waals surface area contributed by atoms with Gasteiger partial charge in [-0.05, 0) is 44.7 Å². The predicted octanol–water partition coefficient (Wildman–Crippen LogP) is 2.68. The van der Waals surface area contributed by atoms with E-state index in [4.69, 9.17) is 11.5 Å². The monoisotopic (exact) mass is 409 g/mol. The van der Waals surface area contributed by atoms with Crippen molar-refractivity contribution in [2.24, 2.45) is 5.92 Å². The number of nitrogen functional groups attached to an aromatic ring is 2. The normalized spacial score (nSPS) is 20.2. The number of carbonyl (C=O) groups is 1. The van der Waals surface area contributed by atoms with E-state index in [-0.39, 0.29) is 23.8 Å². The summed E-state index contributed by atoms with van der Waals surface area (Å²) >= 11 is 0. The number of piperidine rings is 1. The molecule has 0 radical (unpaired) electrons. The van der Waals surface area contributed by atoms with Gasteiger partial charge in [-0.3, -0.25) is 4.79 Å². The predicted molar refractivity (Wildman–Crippen MR) is 119 cm³/mol. The fourth-order valence-electron chi connectivity index (χ4n) is 4.67. The average Bonchev–Trinajstić information content (AvgIpc) is 2.75. The molecule has 4 rings (SSSR count). The number of hydrogen-bond donors (Lipinski definition) is 3. The highest BCUT2D eigenvalue weighted by Gasteiger charge is 2.28. The second-order valence-electron chi connectivity index (χ2n) is 8.47. The molecular formula is C22H31N7O. The fraction of sp³-hybridized carbons (Fsp3) is 0.545. The van der Waals surface area contributed by atoms with Gasteiger partial charge in [0.15, 0.2) is 0 Å². The highest BCUT2D eigenvalue weighted by atomic mass is 16.1. The Morgan fingerprint density at radius 3 is 2.63 bits per heavy atom. The number of nitrogens with zero attached hydrogens (tertiary/aromatic N) is 4. The number of amides is 1. The summed E-state index contributed by atoms with van der Waals surface area (Å²) in [7, 11) is 0. The lowest BCUT2D eigenvalue weighted by Gasteiger charge is -2.36. The minimum absolute atomic E-state index is 0.113. The van der Waals surface area contributed by atoms with Crippen molar-refractivity contribution in [3.05, 3.63) is 24.0 Å². The Morgan fingerprint density at radius 2 is 1.90 bits per heavy atom. The first-order chi connectivity index (χ1) is 14.5. The second-order valence-corrected chi connectivity index (χ2v) is 8.47. The van der Waals surface area contributed by atoms with Gasteiger partial charge in [0.05, 0.1) is 5.69 Å². The summed E-state index contributed by atoms with van der Waals surface area (Å²) in [5.41, 5.74) is 14.4. The topological polar surface area (TPSA) is 123 Å². The van der Waals surface area contributed by atoms with Crippen molar-refractivity contribution in [3.8, 4) is 11.1 Å². The van der Waals surface area contributed by atoms with Gasteiger partial charge in [0.1, 0.15) is 11.6 Å². The van der Waals surface area contributed by atoms with Crippen LogP contribution in [0.4, 0.5) is 17.6 Å². The Morgan fingerprint density at radius 1 is 1.10 bits per heavy atom. The summed E-state index contributed by atoms with van der Waals surface area (Å²) in [5, 5.41) is 3.30. The van der Waals surface area contributed by atoms with Gasteiger partial charge in [-0.2, -0.15) is 4.98 Å². The lowest BCUT2D eigenvalue weighted by atomic mass is 9.88. The molecule has 1 saturated heterocycles. The number of aromatic nitrogens is 3. The molecule has 1 atom stereocenters. The molecule has 160 valence electrons. The third-order valence-corrected chi connectivity index (χ3v) is 6.21. The Labute approximate surface area is 177 Å². The van der Waals surface area contributed by atoms with Gasteiger partial charge in [0.25, 0.3) is 0 Å². The first kappa shape index (κ1) is 20.4. The highest BCUT2D eigenvalue weighted by Crippen LogP contribution is 2.34. The van der Waals surface area contributed by atoms with Crippen molar-refractivity contribution in [2.45, 2.75) is 57.9 Å². The first-order valence-corrected chi connectivity index (χ1v) is 10.9. The molecule has 30 heavy (non-hydrogen) atoms. The molecule has 2 aromatic heterocycles. The van der Waals surface area contributed by atoms with Crippen LogP contribution in [-0.2, 0) is 4.79 Å². The van der Waals surface area contributed by atoms with Gasteiger partial charge in [-0.25, -0.2) is 9.97 Å². The summed E-state index contributed by atoms with van der Waals surface area (Å²) in [5.74, 6) is 1.90. The summed E-state index contributed by atoms with van der Waals surface area (Å²) < 4.78 is 0. The maximum atomic E-state index is 12.7. The number of pyridine rings is 1. The van der Waals surface area contributed by atoms with Crippen LogP contribution in [0.5, 0.6) is 0 Å². The maximum absolute atomic E-state index is 12.7. The molecule has 3 heterocycles. The number of rotatable bonds is 4. The largest absolute Gasteiger partial charge is 0.384 e. The van der Waals surface area contributed by atoms with E-state index >= 15 is 0 Å². The summed E-state index contributed by atoms with van der Waals surface area (Å²) in [6, 6.07) is 3.82. The molecule has 1 aliphatic carbocycles. The number of nitrogens with one attached hydrogen (secondary N) is 1. The van der Waals surface area contributed by atoms with Crippen LogP contribution < -0.4 is 21.7 Å². The van der Waals surface area contributed by atoms with Gasteiger partial charge in [-0.15, -0.1) is 0 Å². The van der Waals surface area contributed by atoms with Crippen LogP contribution in [0.1, 0.15) is 50.6 Å². The Balaban J connectivity index is 1.55. The number of anilines is 3. The Kier molecular flexibility index (Phi) is 6.01. The highest BCUT2D eigenvalue weighted by molar-refractivity contribution is 5.80. The molecular weight excluding hydrogens is 378 g/mol. The molecule has 0 aromatic carbocycles. The van der Waals surface area contributed by atoms with E-state index in [0.717, 1.165) is 67.7 Å². The molecule has 1 saturated carbocycles. The van der Waals surface area contributed by atoms with E-state index in [0.29, 0.717) is 12.4 Å². The summed E-state index contributed by atoms with van der Waals surface area (Å²) in [6.45, 7) is 3.50. The summed E-state index contributed by atoms with van der Waals surface area (Å²) in [4.78, 5) is 28.1. The van der Waals surface area contributed by atoms with E-state index in [1.165, 1.54) is 6.42 Å². The lowest BCUT2D eigenvalue weighted by molar-refractivity contribution is -0.126. The third-order valence-electron chi connectivity index (χ3n) is 6.21. The Hall–Kier alpha value is -2.90. The molecule has 2 aliphatic rings. The SMILES string of the molecule is Cc1nc(N)nc(N2CCCC(NC(=O)C3CCCCC3)C2)c1-c1ccc(N)nc1. The van der Waals surface area contributed by atoms with Crippen molar-refractivity contribution in [3.63, 3.8) is 0 Å². The molecule has 2 aromatic rings. The second kappa shape index (κ2) is 8.85. The lowest BCUT2D eigenvalue weighted by Crippen LogP contribution is -2.49. The molecule has 1 unspecified atom stereocenters. The molecule has 2 fully saturated rings. The molecule has 0 spiro atoms. The van der Waals surface area contributed by atoms with Crippen LogP contribution in [0.15, 0.2) is 18.3 Å². The first-order valence-electron chi connectivity index (χ1n) is 10.9. The van der Waals surface area contributed by atoms with Crippen LogP contribution in [0.25, 0.3) is 11.1 Å². The summed E-state index contributed by atoms with van der Waals surface area (Å²) in [6.07, 6.45) is 9.30. The van der Waals surface area contributed by atoms with Crippen molar-refractivity contribution in [1.29, 1.82) is 0 Å². The molecule has 8 nitrogen and oxygen atoms in total. The third kappa shape index (κ3) is 4.47. The minimum Gasteiger partial charge on any atom is -0.384 e. The van der Waals surface area contributed by atoms with E-state index < -0.39 is 0 Å². The standard InChI is InChI=1S/C22H31N7O/c1-14-19(16-9-10-18(23)25-12-16)20(28-22(24)26-14)29-11-5-8-17(13-29)27-21(30)15-6-3-2-4-7-15/h9-10,12,15,17H,2-8,11,13H2,1H3,(H2,23,25)(H,27,30)(H2,24,26,28). The van der Waals surface area contributed by atoms with Crippen LogP contribution >= 0.6 is 0 Å². The number of aryl methyl sites for hydroxylation is 1. The van der Waals surface area contributed by atoms with Crippen LogP contribution in [0, 0.1) is 12.8 Å². The quantitative estimate of drug-likeness (QED) is 0.709. The van der Waals surface area contributed by atoms with Gasteiger partial charge >= 0.3 is 0 Å². The minimum atomic E-state index is 0.113. The van der Waals surface area contributed by atoms with E-state index in [1.54, 1.807) is 12.3 Å². The van der Waals surface area contributed by atoms with Crippen LogP contribution in [0.3, 0.4) is 0 Å².